The molecule has 0 saturated heterocycles. The van der Waals surface area contributed by atoms with Gasteiger partial charge in [0.15, 0.2) is 5.13 Å². The maximum Gasteiger partial charge on any atom is 0.257 e. The Morgan fingerprint density at radius 3 is 2.74 bits per heavy atom. The third-order valence-corrected chi connectivity index (χ3v) is 5.40. The first kappa shape index (κ1) is 16.5. The van der Waals surface area contributed by atoms with Crippen LogP contribution in [0.2, 0.25) is 0 Å². The molecule has 3 aromatic rings. The lowest BCUT2D eigenvalue weighted by atomic mass is 10.2. The zero-order chi connectivity index (χ0) is 16.2. The number of nitrogens with zero attached hydrogens (tertiary/aromatic N) is 1. The first-order valence-electron chi connectivity index (χ1n) is 6.82. The molecule has 0 radical (unpaired) electrons. The topological polar surface area (TPSA) is 42.0 Å². The Hall–Kier alpha value is -1.38. The van der Waals surface area contributed by atoms with Crippen molar-refractivity contribution in [3.05, 3.63) is 63.0 Å². The van der Waals surface area contributed by atoms with E-state index < -0.39 is 0 Å². The van der Waals surface area contributed by atoms with Crippen molar-refractivity contribution in [2.24, 2.45) is 0 Å². The molecule has 0 atom stereocenters. The highest BCUT2D eigenvalue weighted by Gasteiger charge is 2.10. The molecule has 0 bridgehead atoms. The van der Waals surface area contributed by atoms with E-state index in [9.17, 15) is 4.79 Å². The fraction of sp³-hybridized carbons (Fsp3) is 0.0588. The largest absolute Gasteiger partial charge is 0.298 e. The number of anilines is 1. The molecule has 2 aromatic carbocycles. The summed E-state index contributed by atoms with van der Waals surface area (Å²) in [4.78, 5) is 17.9. The molecule has 116 valence electrons. The third-order valence-electron chi connectivity index (χ3n) is 3.20. The van der Waals surface area contributed by atoms with Crippen molar-refractivity contribution in [3.63, 3.8) is 0 Å². The lowest BCUT2D eigenvalue weighted by Gasteiger charge is -2.03. The van der Waals surface area contributed by atoms with Crippen molar-refractivity contribution in [3.8, 4) is 11.3 Å². The van der Waals surface area contributed by atoms with Crippen LogP contribution in [0.15, 0.2) is 58.8 Å². The highest BCUT2D eigenvalue weighted by Crippen LogP contribution is 2.26. The van der Waals surface area contributed by atoms with E-state index >= 15 is 0 Å². The first-order valence-corrected chi connectivity index (χ1v) is 10.0. The fourth-order valence-corrected chi connectivity index (χ4v) is 3.55. The van der Waals surface area contributed by atoms with Gasteiger partial charge in [-0.25, -0.2) is 4.98 Å². The minimum Gasteiger partial charge on any atom is -0.298 e. The van der Waals surface area contributed by atoms with E-state index in [1.54, 1.807) is 11.8 Å². The van der Waals surface area contributed by atoms with Crippen molar-refractivity contribution in [2.45, 2.75) is 4.90 Å². The van der Waals surface area contributed by atoms with E-state index in [0.29, 0.717) is 10.7 Å². The van der Waals surface area contributed by atoms with Gasteiger partial charge >= 0.3 is 0 Å². The minimum absolute atomic E-state index is 0.135. The average molecular weight is 452 g/mol. The van der Waals surface area contributed by atoms with Crippen LogP contribution in [0.25, 0.3) is 11.3 Å². The molecule has 0 saturated carbocycles. The highest BCUT2D eigenvalue weighted by atomic mass is 127. The van der Waals surface area contributed by atoms with Gasteiger partial charge in [-0.1, -0.05) is 18.2 Å². The standard InChI is InChI=1S/C17H13IN2OS2/c1-22-14-4-2-3-12(9-14)16(21)20-17-19-15(10-23-17)11-5-7-13(18)8-6-11/h2-10H,1H3,(H,19,20,21). The van der Waals surface area contributed by atoms with Crippen LogP contribution in [0.5, 0.6) is 0 Å². The second-order valence-electron chi connectivity index (χ2n) is 4.73. The van der Waals surface area contributed by atoms with Crippen molar-refractivity contribution in [1.82, 2.24) is 4.98 Å². The van der Waals surface area contributed by atoms with Gasteiger partial charge in [-0.3, -0.25) is 10.1 Å². The number of carbonyl (C=O) groups excluding carboxylic acids is 1. The van der Waals surface area contributed by atoms with Crippen molar-refractivity contribution >= 4 is 56.7 Å². The molecule has 3 rings (SSSR count). The van der Waals surface area contributed by atoms with Crippen LogP contribution in [0.4, 0.5) is 5.13 Å². The molecule has 0 aliphatic rings. The number of aromatic nitrogens is 1. The number of thioether (sulfide) groups is 1. The quantitative estimate of drug-likeness (QED) is 0.427. The van der Waals surface area contributed by atoms with Crippen LogP contribution in [-0.4, -0.2) is 17.1 Å². The molecule has 1 N–H and O–H groups in total. The number of amides is 1. The molecule has 0 aliphatic heterocycles. The number of thiazole rings is 1. The van der Waals surface area contributed by atoms with Crippen molar-refractivity contribution < 1.29 is 4.79 Å². The molecule has 0 unspecified atom stereocenters. The summed E-state index contributed by atoms with van der Waals surface area (Å²) in [5.41, 5.74) is 2.56. The summed E-state index contributed by atoms with van der Waals surface area (Å²) >= 11 is 5.32. The highest BCUT2D eigenvalue weighted by molar-refractivity contribution is 14.1. The predicted molar refractivity (Wildman–Crippen MR) is 106 cm³/mol. The zero-order valence-electron chi connectivity index (χ0n) is 12.2. The second kappa shape index (κ2) is 7.46. The summed E-state index contributed by atoms with van der Waals surface area (Å²) in [6.45, 7) is 0. The Kier molecular flexibility index (Phi) is 5.34. The van der Waals surface area contributed by atoms with Gasteiger partial charge in [-0.2, -0.15) is 0 Å². The summed E-state index contributed by atoms with van der Waals surface area (Å²) in [6.07, 6.45) is 1.99. The minimum atomic E-state index is -0.135. The Morgan fingerprint density at radius 1 is 1.22 bits per heavy atom. The van der Waals surface area contributed by atoms with Gasteiger partial charge in [0.2, 0.25) is 0 Å². The molecule has 3 nitrogen and oxygen atoms in total. The van der Waals surface area contributed by atoms with Crippen molar-refractivity contribution in [1.29, 1.82) is 0 Å². The zero-order valence-corrected chi connectivity index (χ0v) is 16.0. The van der Waals surface area contributed by atoms with Gasteiger partial charge in [-0.15, -0.1) is 23.1 Å². The van der Waals surface area contributed by atoms with Gasteiger partial charge in [0.05, 0.1) is 5.69 Å². The SMILES string of the molecule is CSc1cccc(C(=O)Nc2nc(-c3ccc(I)cc3)cs2)c1. The lowest BCUT2D eigenvalue weighted by molar-refractivity contribution is 0.102. The van der Waals surface area contributed by atoms with Gasteiger partial charge in [0.25, 0.3) is 5.91 Å². The third kappa shape index (κ3) is 4.13. The summed E-state index contributed by atoms with van der Waals surface area (Å²) < 4.78 is 1.18. The molecule has 23 heavy (non-hydrogen) atoms. The number of halogens is 1. The van der Waals surface area contributed by atoms with E-state index in [1.807, 2.05) is 60.2 Å². The summed E-state index contributed by atoms with van der Waals surface area (Å²) in [5.74, 6) is -0.135. The first-order chi connectivity index (χ1) is 11.2. The van der Waals surface area contributed by atoms with E-state index in [2.05, 4.69) is 32.9 Å². The Bertz CT molecular complexity index is 831. The van der Waals surface area contributed by atoms with E-state index in [1.165, 1.54) is 14.9 Å². The maximum atomic E-state index is 12.3. The molecule has 1 heterocycles. The predicted octanol–water partition coefficient (Wildman–Crippen LogP) is 5.39. The Morgan fingerprint density at radius 2 is 2.00 bits per heavy atom. The molecule has 0 fully saturated rings. The number of benzene rings is 2. The van der Waals surface area contributed by atoms with Crippen LogP contribution < -0.4 is 5.32 Å². The Labute approximate surface area is 156 Å². The van der Waals surface area contributed by atoms with E-state index in [4.69, 9.17) is 0 Å². The van der Waals surface area contributed by atoms with Crippen LogP contribution in [0, 0.1) is 3.57 Å². The average Bonchev–Trinajstić information content (AvgIpc) is 3.04. The number of nitrogens with one attached hydrogen (secondary N) is 1. The molecule has 1 amide bonds. The molecule has 6 heteroatoms. The number of hydrogen-bond acceptors (Lipinski definition) is 4. The summed E-state index contributed by atoms with van der Waals surface area (Å²) in [5, 5.41) is 5.43. The summed E-state index contributed by atoms with van der Waals surface area (Å²) in [7, 11) is 0. The van der Waals surface area contributed by atoms with Gasteiger partial charge in [-0.05, 0) is 59.2 Å². The maximum absolute atomic E-state index is 12.3. The van der Waals surface area contributed by atoms with E-state index in [0.717, 1.165) is 16.2 Å². The molecule has 1 aromatic heterocycles. The van der Waals surface area contributed by atoms with Crippen LogP contribution in [0.1, 0.15) is 10.4 Å². The normalized spacial score (nSPS) is 10.5. The van der Waals surface area contributed by atoms with Crippen LogP contribution in [-0.2, 0) is 0 Å². The van der Waals surface area contributed by atoms with Gasteiger partial charge in [0.1, 0.15) is 0 Å². The molecule has 0 aliphatic carbocycles. The van der Waals surface area contributed by atoms with Crippen LogP contribution >= 0.6 is 45.7 Å². The smallest absolute Gasteiger partial charge is 0.257 e. The second-order valence-corrected chi connectivity index (χ2v) is 7.71. The number of rotatable bonds is 4. The molecular weight excluding hydrogens is 439 g/mol. The number of carbonyl (C=O) groups is 1. The summed E-state index contributed by atoms with van der Waals surface area (Å²) in [6, 6.07) is 15.7. The Balaban J connectivity index is 1.75. The molecular formula is C17H13IN2OS2. The molecule has 0 spiro atoms. The lowest BCUT2D eigenvalue weighted by Crippen LogP contribution is -2.11. The fourth-order valence-electron chi connectivity index (χ4n) is 2.02. The van der Waals surface area contributed by atoms with Crippen molar-refractivity contribution in [2.75, 3.05) is 11.6 Å². The van der Waals surface area contributed by atoms with Crippen LogP contribution in [0.3, 0.4) is 0 Å². The monoisotopic (exact) mass is 452 g/mol. The van der Waals surface area contributed by atoms with E-state index in [-0.39, 0.29) is 5.91 Å². The van der Waals surface area contributed by atoms with Gasteiger partial charge in [0, 0.05) is 25.0 Å². The van der Waals surface area contributed by atoms with Gasteiger partial charge < -0.3 is 0 Å². The number of hydrogen-bond donors (Lipinski definition) is 1.